The number of carbonyl (C=O) groups is 4. The molecule has 1 aromatic carbocycles. The third-order valence-electron chi connectivity index (χ3n) is 5.94. The predicted molar refractivity (Wildman–Crippen MR) is 99.7 cm³/mol. The van der Waals surface area contributed by atoms with Crippen molar-refractivity contribution in [1.82, 2.24) is 0 Å². The quantitative estimate of drug-likeness (QED) is 0.549. The van der Waals surface area contributed by atoms with Crippen LogP contribution in [0.3, 0.4) is 0 Å². The fourth-order valence-corrected chi connectivity index (χ4v) is 4.72. The van der Waals surface area contributed by atoms with Gasteiger partial charge in [0, 0.05) is 11.6 Å². The van der Waals surface area contributed by atoms with Crippen LogP contribution in [0.5, 0.6) is 0 Å². The molecule has 3 fully saturated rings. The van der Waals surface area contributed by atoms with E-state index in [-0.39, 0.29) is 23.9 Å². The van der Waals surface area contributed by atoms with Crippen LogP contribution < -0.4 is 5.32 Å². The monoisotopic (exact) mass is 401 g/mol. The lowest BCUT2D eigenvalue weighted by molar-refractivity contribution is -0.157. The van der Waals surface area contributed by atoms with Gasteiger partial charge in [0.25, 0.3) is 5.91 Å². The summed E-state index contributed by atoms with van der Waals surface area (Å²) in [4.78, 5) is 48.3. The molecule has 0 unspecified atom stereocenters. The van der Waals surface area contributed by atoms with Gasteiger partial charge in [0.05, 0.1) is 24.0 Å². The van der Waals surface area contributed by atoms with E-state index in [9.17, 15) is 19.2 Å². The molecule has 1 amide bonds. The highest BCUT2D eigenvalue weighted by Gasteiger charge is 2.64. The fourth-order valence-electron chi connectivity index (χ4n) is 4.72. The Kier molecular flexibility index (Phi) is 5.25. The Hall–Kier alpha value is -2.90. The van der Waals surface area contributed by atoms with Crippen molar-refractivity contribution in [2.45, 2.75) is 32.3 Å². The maximum atomic E-state index is 12.5. The van der Waals surface area contributed by atoms with Gasteiger partial charge in [-0.2, -0.15) is 0 Å². The number of amides is 1. The summed E-state index contributed by atoms with van der Waals surface area (Å²) in [6, 6.07) is 6.26. The molecule has 1 N–H and O–H groups in total. The average Bonchev–Trinajstić information content (AvgIpc) is 3.33. The molecule has 154 valence electrons. The highest BCUT2D eigenvalue weighted by molar-refractivity contribution is 5.95. The van der Waals surface area contributed by atoms with E-state index >= 15 is 0 Å². The van der Waals surface area contributed by atoms with Crippen LogP contribution in [0.2, 0.25) is 0 Å². The van der Waals surface area contributed by atoms with Gasteiger partial charge < -0.3 is 19.5 Å². The summed E-state index contributed by atoms with van der Waals surface area (Å²) in [5.41, 5.74) is 0.862. The maximum Gasteiger partial charge on any atom is 0.338 e. The minimum Gasteiger partial charge on any atom is -0.462 e. The van der Waals surface area contributed by atoms with Crippen LogP contribution >= 0.6 is 0 Å². The molecule has 0 radical (unpaired) electrons. The number of benzene rings is 1. The van der Waals surface area contributed by atoms with Gasteiger partial charge in [-0.1, -0.05) is 6.92 Å². The molecule has 2 aliphatic carbocycles. The van der Waals surface area contributed by atoms with Gasteiger partial charge >= 0.3 is 17.9 Å². The summed E-state index contributed by atoms with van der Waals surface area (Å²) >= 11 is 0. The van der Waals surface area contributed by atoms with Crippen molar-refractivity contribution in [2.24, 2.45) is 23.7 Å². The predicted octanol–water partition coefficient (Wildman–Crippen LogP) is 1.93. The number of rotatable bonds is 7. The van der Waals surface area contributed by atoms with Crippen LogP contribution in [0, 0.1) is 23.7 Å². The molecule has 3 aliphatic rings. The largest absolute Gasteiger partial charge is 0.462 e. The standard InChI is InChI=1S/C21H23NO7/c1-2-7-27-19(24)11-3-5-13(6-4-11)22-16(23)10-28-20(25)17-12-8-14-15(9-12)29-21(26)18(14)17/h3-6,12,14-15,17-18H,2,7-10H2,1H3,(H,22,23)/t12-,14-,15-,17+,18+/m1/s1. The van der Waals surface area contributed by atoms with E-state index in [4.69, 9.17) is 14.2 Å². The topological polar surface area (TPSA) is 108 Å². The Bertz CT molecular complexity index is 832. The fraction of sp³-hybridized carbons (Fsp3) is 0.524. The van der Waals surface area contributed by atoms with Crippen LogP contribution in [0.15, 0.2) is 24.3 Å². The Morgan fingerprint density at radius 1 is 1.14 bits per heavy atom. The zero-order valence-electron chi connectivity index (χ0n) is 16.1. The van der Waals surface area contributed by atoms with Crippen molar-refractivity contribution in [3.63, 3.8) is 0 Å². The summed E-state index contributed by atoms with van der Waals surface area (Å²) in [6.45, 7) is 1.83. The maximum absolute atomic E-state index is 12.5. The van der Waals surface area contributed by atoms with Gasteiger partial charge in [-0.05, 0) is 49.4 Å². The van der Waals surface area contributed by atoms with E-state index in [1.54, 1.807) is 24.3 Å². The minimum atomic E-state index is -0.510. The summed E-state index contributed by atoms with van der Waals surface area (Å²) < 4.78 is 15.5. The molecule has 8 nitrogen and oxygen atoms in total. The second kappa shape index (κ2) is 7.85. The molecule has 2 bridgehead atoms. The molecular weight excluding hydrogens is 378 g/mol. The lowest BCUT2D eigenvalue weighted by atomic mass is 9.80. The molecule has 1 heterocycles. The van der Waals surface area contributed by atoms with Crippen molar-refractivity contribution in [2.75, 3.05) is 18.5 Å². The summed E-state index contributed by atoms with van der Waals surface area (Å²) in [6.07, 6.45) is 2.20. The molecule has 2 saturated carbocycles. The van der Waals surface area contributed by atoms with E-state index in [2.05, 4.69) is 5.32 Å². The number of esters is 3. The summed E-state index contributed by atoms with van der Waals surface area (Å²) in [5, 5.41) is 2.61. The smallest absolute Gasteiger partial charge is 0.338 e. The van der Waals surface area contributed by atoms with Gasteiger partial charge in [-0.15, -0.1) is 0 Å². The Balaban J connectivity index is 1.27. The first-order valence-electron chi connectivity index (χ1n) is 9.92. The lowest BCUT2D eigenvalue weighted by Crippen LogP contribution is -2.34. The first kappa shape index (κ1) is 19.4. The van der Waals surface area contributed by atoms with E-state index in [0.717, 1.165) is 12.8 Å². The molecule has 1 aliphatic heterocycles. The molecule has 0 spiro atoms. The van der Waals surface area contributed by atoms with Crippen molar-refractivity contribution in [1.29, 1.82) is 0 Å². The molecule has 4 rings (SSSR count). The van der Waals surface area contributed by atoms with E-state index in [0.29, 0.717) is 24.3 Å². The molecule has 1 aromatic rings. The second-order valence-corrected chi connectivity index (χ2v) is 7.79. The second-order valence-electron chi connectivity index (χ2n) is 7.79. The molecular formula is C21H23NO7. The Morgan fingerprint density at radius 2 is 1.90 bits per heavy atom. The molecule has 8 heteroatoms. The van der Waals surface area contributed by atoms with Gasteiger partial charge in [0.2, 0.25) is 0 Å². The van der Waals surface area contributed by atoms with Crippen LogP contribution in [0.1, 0.15) is 36.5 Å². The number of ether oxygens (including phenoxy) is 3. The van der Waals surface area contributed by atoms with Gasteiger partial charge in [-0.25, -0.2) is 4.79 Å². The first-order chi connectivity index (χ1) is 14.0. The van der Waals surface area contributed by atoms with Crippen molar-refractivity contribution in [3.05, 3.63) is 29.8 Å². The van der Waals surface area contributed by atoms with Crippen molar-refractivity contribution >= 4 is 29.5 Å². The number of hydrogen-bond acceptors (Lipinski definition) is 7. The molecule has 0 aromatic heterocycles. The molecule has 1 saturated heterocycles. The Labute approximate surface area is 167 Å². The van der Waals surface area contributed by atoms with Crippen LogP contribution in [-0.2, 0) is 28.6 Å². The van der Waals surface area contributed by atoms with Crippen LogP contribution in [-0.4, -0.2) is 43.1 Å². The third-order valence-corrected chi connectivity index (χ3v) is 5.94. The van der Waals surface area contributed by atoms with Crippen molar-refractivity contribution < 1.29 is 33.4 Å². The minimum absolute atomic E-state index is 0.0490. The zero-order valence-corrected chi connectivity index (χ0v) is 16.1. The van der Waals surface area contributed by atoms with Crippen LogP contribution in [0.4, 0.5) is 5.69 Å². The average molecular weight is 401 g/mol. The van der Waals surface area contributed by atoms with Gasteiger partial charge in [-0.3, -0.25) is 14.4 Å². The van der Waals surface area contributed by atoms with E-state index in [1.807, 2.05) is 6.92 Å². The highest BCUT2D eigenvalue weighted by atomic mass is 16.6. The normalized spacial score (nSPS) is 28.7. The van der Waals surface area contributed by atoms with Gasteiger partial charge in [0.1, 0.15) is 6.10 Å². The number of fused-ring (bicyclic) bond motifs is 1. The highest BCUT2D eigenvalue weighted by Crippen LogP contribution is 2.57. The van der Waals surface area contributed by atoms with Gasteiger partial charge in [0.15, 0.2) is 6.61 Å². The summed E-state index contributed by atoms with van der Waals surface area (Å²) in [5.74, 6) is -2.46. The van der Waals surface area contributed by atoms with Crippen LogP contribution in [0.25, 0.3) is 0 Å². The van der Waals surface area contributed by atoms with E-state index in [1.165, 1.54) is 0 Å². The molecule has 5 atom stereocenters. The number of nitrogens with one attached hydrogen (secondary N) is 1. The molecule has 29 heavy (non-hydrogen) atoms. The van der Waals surface area contributed by atoms with Crippen molar-refractivity contribution in [3.8, 4) is 0 Å². The third kappa shape index (κ3) is 3.71. The number of anilines is 1. The number of hydrogen-bond donors (Lipinski definition) is 1. The Morgan fingerprint density at radius 3 is 2.62 bits per heavy atom. The number of carbonyl (C=O) groups excluding carboxylic acids is 4. The lowest BCUT2D eigenvalue weighted by Gasteiger charge is -2.22. The SMILES string of the molecule is CCCOC(=O)c1ccc(NC(=O)COC(=O)[C@H]2[C@@H]3C[C@H]4[C@@H]2C(=O)O[C@@H]4C3)cc1. The van der Waals surface area contributed by atoms with E-state index < -0.39 is 36.3 Å². The first-order valence-corrected chi connectivity index (χ1v) is 9.92. The summed E-state index contributed by atoms with van der Waals surface area (Å²) in [7, 11) is 0. The zero-order chi connectivity index (χ0) is 20.5.